The molecule has 2 aromatic carbocycles. The van der Waals surface area contributed by atoms with Gasteiger partial charge in [-0.15, -0.1) is 0 Å². The normalized spacial score (nSPS) is 13.9. The highest BCUT2D eigenvalue weighted by Crippen LogP contribution is 2.29. The summed E-state index contributed by atoms with van der Waals surface area (Å²) < 4.78 is 0. The fourth-order valence-corrected chi connectivity index (χ4v) is 3.00. The minimum absolute atomic E-state index is 0.100. The van der Waals surface area contributed by atoms with Gasteiger partial charge in [-0.2, -0.15) is 0 Å². The Kier molecular flexibility index (Phi) is 2.41. The molecule has 0 saturated carbocycles. The number of ketones is 1. The Morgan fingerprint density at radius 3 is 2.95 bits per heavy atom. The van der Waals surface area contributed by atoms with Gasteiger partial charge in [-0.05, 0) is 28.8 Å². The van der Waals surface area contributed by atoms with E-state index in [1.165, 1.54) is 0 Å². The van der Waals surface area contributed by atoms with Crippen LogP contribution in [0.5, 0.6) is 0 Å². The van der Waals surface area contributed by atoms with Gasteiger partial charge in [0.05, 0.1) is 10.9 Å². The average molecular weight is 280 g/mol. The largest absolute Gasteiger partial charge is 0.294 e. The Morgan fingerprint density at radius 1 is 1.15 bits per heavy atom. The minimum Gasteiger partial charge on any atom is -0.294 e. The van der Waals surface area contributed by atoms with Gasteiger partial charge >= 0.3 is 0 Å². The predicted molar refractivity (Wildman–Crippen MR) is 82.1 cm³/mol. The molecule has 0 amide bonds. The Morgan fingerprint density at radius 2 is 2.05 bits per heavy atom. The van der Waals surface area contributed by atoms with E-state index < -0.39 is 0 Å². The average Bonchev–Trinajstić information content (AvgIpc) is 2.45. The van der Waals surface area contributed by atoms with Crippen molar-refractivity contribution in [2.75, 3.05) is 0 Å². The van der Waals surface area contributed by atoms with E-state index in [2.05, 4.69) is 11.1 Å². The van der Waals surface area contributed by atoms with Gasteiger partial charge < -0.3 is 0 Å². The third-order valence-corrected chi connectivity index (χ3v) is 3.98. The molecule has 1 aliphatic carbocycles. The van der Waals surface area contributed by atoms with Crippen LogP contribution in [0.25, 0.3) is 33.8 Å². The first-order valence-corrected chi connectivity index (χ1v) is 6.83. The molecule has 96 valence electrons. The Hall–Kier alpha value is -2.19. The van der Waals surface area contributed by atoms with Crippen LogP contribution in [0.3, 0.4) is 0 Å². The molecule has 4 rings (SSSR count). The van der Waals surface area contributed by atoms with Crippen LogP contribution in [-0.2, 0) is 4.79 Å². The number of carbonyl (C=O) groups is 1. The van der Waals surface area contributed by atoms with E-state index in [0.29, 0.717) is 6.42 Å². The molecule has 20 heavy (non-hydrogen) atoms. The van der Waals surface area contributed by atoms with E-state index in [-0.39, 0.29) is 5.78 Å². The van der Waals surface area contributed by atoms with Crippen molar-refractivity contribution in [3.8, 4) is 0 Å². The van der Waals surface area contributed by atoms with E-state index in [1.807, 2.05) is 36.4 Å². The van der Waals surface area contributed by atoms with E-state index in [4.69, 9.17) is 11.6 Å². The van der Waals surface area contributed by atoms with Gasteiger partial charge in [0, 0.05) is 28.3 Å². The van der Waals surface area contributed by atoms with Crippen LogP contribution in [0.1, 0.15) is 6.42 Å². The number of carbonyl (C=O) groups excluding carboxylic acids is 1. The molecule has 0 fully saturated rings. The number of halogens is 1. The summed E-state index contributed by atoms with van der Waals surface area (Å²) in [6.45, 7) is 0. The summed E-state index contributed by atoms with van der Waals surface area (Å²) in [5, 5.41) is 5.64. The zero-order chi connectivity index (χ0) is 13.7. The van der Waals surface area contributed by atoms with Gasteiger partial charge in [0.15, 0.2) is 5.78 Å². The maximum absolute atomic E-state index is 11.5. The van der Waals surface area contributed by atoms with E-state index in [0.717, 1.165) is 37.3 Å². The topological polar surface area (TPSA) is 30.0 Å². The second kappa shape index (κ2) is 4.15. The van der Waals surface area contributed by atoms with Crippen LogP contribution in [0.15, 0.2) is 36.4 Å². The van der Waals surface area contributed by atoms with Crippen molar-refractivity contribution in [1.82, 2.24) is 4.98 Å². The molecule has 2 nitrogen and oxygen atoms in total. The van der Waals surface area contributed by atoms with Gasteiger partial charge in [-0.3, -0.25) is 4.79 Å². The minimum atomic E-state index is 0.100. The lowest BCUT2D eigenvalue weighted by Gasteiger charge is -2.07. The van der Waals surface area contributed by atoms with Crippen molar-refractivity contribution in [1.29, 1.82) is 0 Å². The molecule has 1 heterocycles. The molecule has 0 saturated heterocycles. The lowest BCUT2D eigenvalue weighted by Crippen LogP contribution is -2.32. The van der Waals surface area contributed by atoms with Gasteiger partial charge in [0.2, 0.25) is 0 Å². The first kappa shape index (κ1) is 11.6. The fourth-order valence-electron chi connectivity index (χ4n) is 2.72. The molecule has 0 unspecified atom stereocenters. The van der Waals surface area contributed by atoms with Crippen LogP contribution in [-0.4, -0.2) is 10.8 Å². The number of hydrogen-bond donors (Lipinski definition) is 0. The highest BCUT2D eigenvalue weighted by atomic mass is 35.5. The van der Waals surface area contributed by atoms with Crippen LogP contribution in [0, 0.1) is 0 Å². The first-order chi connectivity index (χ1) is 9.72. The first-order valence-electron chi connectivity index (χ1n) is 6.45. The van der Waals surface area contributed by atoms with Gasteiger partial charge in [0.25, 0.3) is 0 Å². The predicted octanol–water partition coefficient (Wildman–Crippen LogP) is 2.58. The van der Waals surface area contributed by atoms with Crippen molar-refractivity contribution >= 4 is 51.2 Å². The Bertz CT molecular complexity index is 1000. The van der Waals surface area contributed by atoms with E-state index in [1.54, 1.807) is 6.08 Å². The molecule has 0 N–H and O–H groups in total. The van der Waals surface area contributed by atoms with Crippen molar-refractivity contribution < 1.29 is 4.79 Å². The van der Waals surface area contributed by atoms with Crippen LogP contribution in [0.4, 0.5) is 0 Å². The highest BCUT2D eigenvalue weighted by Gasteiger charge is 2.08. The summed E-state index contributed by atoms with van der Waals surface area (Å²) >= 11 is 6.34. The van der Waals surface area contributed by atoms with Crippen molar-refractivity contribution in [3.63, 3.8) is 0 Å². The third-order valence-electron chi connectivity index (χ3n) is 3.67. The molecule has 0 bridgehead atoms. The maximum Gasteiger partial charge on any atom is 0.161 e. The van der Waals surface area contributed by atoms with Crippen molar-refractivity contribution in [3.05, 3.63) is 52.0 Å². The number of nitrogens with zero attached hydrogens (tertiary/aromatic N) is 1. The molecule has 3 heteroatoms. The quantitative estimate of drug-likeness (QED) is 0.592. The fraction of sp³-hybridized carbons (Fsp3) is 0.0588. The Labute approximate surface area is 120 Å². The van der Waals surface area contributed by atoms with Crippen molar-refractivity contribution in [2.24, 2.45) is 0 Å². The molecular formula is C17H10ClNO. The molecule has 1 aromatic heterocycles. The van der Waals surface area contributed by atoms with Crippen molar-refractivity contribution in [2.45, 2.75) is 6.42 Å². The summed E-state index contributed by atoms with van der Waals surface area (Å²) in [4.78, 5) is 16.1. The Balaban J connectivity index is 2.26. The number of benzene rings is 2. The number of rotatable bonds is 0. The molecule has 0 spiro atoms. The number of fused-ring (bicyclic) bond motifs is 4. The molecule has 1 aliphatic rings. The lowest BCUT2D eigenvalue weighted by molar-refractivity contribution is -0.112. The molecular weight excluding hydrogens is 270 g/mol. The summed E-state index contributed by atoms with van der Waals surface area (Å²) in [5.74, 6) is 0.100. The van der Waals surface area contributed by atoms with Gasteiger partial charge in [-0.25, -0.2) is 4.98 Å². The third kappa shape index (κ3) is 1.65. The summed E-state index contributed by atoms with van der Waals surface area (Å²) in [6.07, 6.45) is 3.99. The van der Waals surface area contributed by atoms with Crippen LogP contribution in [0.2, 0.25) is 5.02 Å². The zero-order valence-electron chi connectivity index (χ0n) is 10.6. The summed E-state index contributed by atoms with van der Waals surface area (Å²) in [7, 11) is 0. The zero-order valence-corrected chi connectivity index (χ0v) is 11.3. The standard InChI is InChI=1S/C17H10ClNO/c18-14-3-1-2-10-5-7-15-13(17(10)14)8-11-4-6-12(20)9-16(11)19-15/h1-5,7-9H,6H2. The number of hydrogen-bond acceptors (Lipinski definition) is 2. The lowest BCUT2D eigenvalue weighted by atomic mass is 10.0. The molecule has 0 radical (unpaired) electrons. The van der Waals surface area contributed by atoms with Gasteiger partial charge in [0.1, 0.15) is 0 Å². The molecule has 0 aliphatic heterocycles. The molecule has 0 atom stereocenters. The summed E-state index contributed by atoms with van der Waals surface area (Å²) in [5.41, 5.74) is 0.865. The van der Waals surface area contributed by atoms with E-state index in [9.17, 15) is 4.79 Å². The number of aromatic nitrogens is 1. The second-order valence-electron chi connectivity index (χ2n) is 4.95. The van der Waals surface area contributed by atoms with Crippen LogP contribution >= 0.6 is 11.6 Å². The SMILES string of the molecule is O=C1C=c2nc3ccc4cccc(Cl)c4c3cc2=CC1. The van der Waals surface area contributed by atoms with Crippen LogP contribution < -0.4 is 10.6 Å². The van der Waals surface area contributed by atoms with E-state index >= 15 is 0 Å². The monoisotopic (exact) mass is 279 g/mol. The maximum atomic E-state index is 11.5. The highest BCUT2D eigenvalue weighted by molar-refractivity contribution is 6.37. The smallest absolute Gasteiger partial charge is 0.161 e. The summed E-state index contributed by atoms with van der Waals surface area (Å²) in [6, 6.07) is 11.9. The number of Topliss-reactive ketones (excluding diaryl/α,β-unsaturated/α-hetero) is 1. The van der Waals surface area contributed by atoms with Gasteiger partial charge in [-0.1, -0.05) is 35.9 Å². The second-order valence-corrected chi connectivity index (χ2v) is 5.36. The molecule has 3 aromatic rings. The number of pyridine rings is 1.